The first kappa shape index (κ1) is 15.4. The van der Waals surface area contributed by atoms with Crippen molar-refractivity contribution in [2.24, 2.45) is 0 Å². The van der Waals surface area contributed by atoms with Gasteiger partial charge in [-0.2, -0.15) is 0 Å². The van der Waals surface area contributed by atoms with E-state index in [9.17, 15) is 9.59 Å². The van der Waals surface area contributed by atoms with Crippen molar-refractivity contribution < 1.29 is 9.59 Å². The molecule has 2 rings (SSSR count). The van der Waals surface area contributed by atoms with Gasteiger partial charge in [0.1, 0.15) is 0 Å². The summed E-state index contributed by atoms with van der Waals surface area (Å²) in [5.74, 6) is 0.127. The van der Waals surface area contributed by atoms with Crippen LogP contribution in [-0.2, 0) is 9.59 Å². The SMILES string of the molecule is CCNC(=O)CN(CC)C(=O)CC1CNc2ccccc21. The van der Waals surface area contributed by atoms with Gasteiger partial charge >= 0.3 is 0 Å². The van der Waals surface area contributed by atoms with Crippen LogP contribution >= 0.6 is 0 Å². The van der Waals surface area contributed by atoms with E-state index in [1.54, 1.807) is 4.90 Å². The minimum Gasteiger partial charge on any atom is -0.384 e. The normalized spacial score (nSPS) is 16.0. The van der Waals surface area contributed by atoms with Crippen LogP contribution in [0.2, 0.25) is 0 Å². The number of carbonyl (C=O) groups excluding carboxylic acids is 2. The average molecular weight is 289 g/mol. The molecule has 1 unspecified atom stereocenters. The molecule has 0 fully saturated rings. The van der Waals surface area contributed by atoms with Gasteiger partial charge in [-0.1, -0.05) is 18.2 Å². The fourth-order valence-corrected chi connectivity index (χ4v) is 2.68. The van der Waals surface area contributed by atoms with Crippen LogP contribution in [0.4, 0.5) is 5.69 Å². The Morgan fingerprint density at radius 3 is 2.81 bits per heavy atom. The molecule has 114 valence electrons. The summed E-state index contributed by atoms with van der Waals surface area (Å²) in [6.45, 7) is 5.84. The molecular formula is C16H23N3O2. The molecule has 0 aromatic heterocycles. The Labute approximate surface area is 125 Å². The molecule has 0 saturated heterocycles. The molecule has 5 heteroatoms. The summed E-state index contributed by atoms with van der Waals surface area (Å²) in [5.41, 5.74) is 2.31. The number of hydrogen-bond acceptors (Lipinski definition) is 3. The highest BCUT2D eigenvalue weighted by atomic mass is 16.2. The summed E-state index contributed by atoms with van der Waals surface area (Å²) in [6, 6.07) is 8.08. The molecule has 1 aromatic rings. The fraction of sp³-hybridized carbons (Fsp3) is 0.500. The Morgan fingerprint density at radius 2 is 2.10 bits per heavy atom. The van der Waals surface area contributed by atoms with E-state index in [-0.39, 0.29) is 24.3 Å². The number of para-hydroxylation sites is 1. The zero-order valence-electron chi connectivity index (χ0n) is 12.7. The Morgan fingerprint density at radius 1 is 1.33 bits per heavy atom. The lowest BCUT2D eigenvalue weighted by molar-refractivity contribution is -0.136. The maximum atomic E-state index is 12.4. The van der Waals surface area contributed by atoms with Gasteiger partial charge in [-0.3, -0.25) is 9.59 Å². The third kappa shape index (κ3) is 3.74. The second-order valence-electron chi connectivity index (χ2n) is 5.23. The van der Waals surface area contributed by atoms with Crippen molar-refractivity contribution in [1.82, 2.24) is 10.2 Å². The van der Waals surface area contributed by atoms with E-state index >= 15 is 0 Å². The molecule has 5 nitrogen and oxygen atoms in total. The number of benzene rings is 1. The monoisotopic (exact) mass is 289 g/mol. The number of fused-ring (bicyclic) bond motifs is 1. The van der Waals surface area contributed by atoms with Crippen LogP contribution in [0, 0.1) is 0 Å². The Hall–Kier alpha value is -2.04. The molecule has 2 N–H and O–H groups in total. The predicted molar refractivity (Wildman–Crippen MR) is 83.2 cm³/mol. The fourth-order valence-electron chi connectivity index (χ4n) is 2.68. The van der Waals surface area contributed by atoms with Gasteiger partial charge < -0.3 is 15.5 Å². The van der Waals surface area contributed by atoms with E-state index in [1.165, 1.54) is 5.56 Å². The van der Waals surface area contributed by atoms with Gasteiger partial charge in [-0.25, -0.2) is 0 Å². The molecule has 0 bridgehead atoms. The smallest absolute Gasteiger partial charge is 0.239 e. The third-order valence-corrected chi connectivity index (χ3v) is 3.80. The number of nitrogens with zero attached hydrogens (tertiary/aromatic N) is 1. The van der Waals surface area contributed by atoms with E-state index in [0.717, 1.165) is 12.2 Å². The van der Waals surface area contributed by atoms with Crippen LogP contribution in [0.3, 0.4) is 0 Å². The van der Waals surface area contributed by atoms with E-state index in [2.05, 4.69) is 16.7 Å². The van der Waals surface area contributed by atoms with Gasteiger partial charge in [0.05, 0.1) is 6.54 Å². The van der Waals surface area contributed by atoms with Crippen LogP contribution in [0.15, 0.2) is 24.3 Å². The molecule has 1 heterocycles. The van der Waals surface area contributed by atoms with E-state index in [0.29, 0.717) is 19.5 Å². The minimum atomic E-state index is -0.0994. The number of amides is 2. The first-order chi connectivity index (χ1) is 10.2. The van der Waals surface area contributed by atoms with Crippen molar-refractivity contribution in [3.05, 3.63) is 29.8 Å². The zero-order valence-corrected chi connectivity index (χ0v) is 12.7. The number of likely N-dealkylation sites (N-methyl/N-ethyl adjacent to an activating group) is 2. The largest absolute Gasteiger partial charge is 0.384 e. The van der Waals surface area contributed by atoms with Crippen molar-refractivity contribution in [3.63, 3.8) is 0 Å². The maximum absolute atomic E-state index is 12.4. The zero-order chi connectivity index (χ0) is 15.2. The van der Waals surface area contributed by atoms with E-state index < -0.39 is 0 Å². The molecule has 0 aliphatic carbocycles. The molecule has 2 amide bonds. The molecular weight excluding hydrogens is 266 g/mol. The summed E-state index contributed by atoms with van der Waals surface area (Å²) in [5, 5.41) is 6.05. The van der Waals surface area contributed by atoms with Crippen molar-refractivity contribution in [3.8, 4) is 0 Å². The highest BCUT2D eigenvalue weighted by Gasteiger charge is 2.26. The van der Waals surface area contributed by atoms with E-state index in [4.69, 9.17) is 0 Å². The molecule has 0 spiro atoms. The molecule has 1 aliphatic heterocycles. The lowest BCUT2D eigenvalue weighted by atomic mass is 9.97. The quantitative estimate of drug-likeness (QED) is 0.835. The highest BCUT2D eigenvalue weighted by molar-refractivity contribution is 5.85. The van der Waals surface area contributed by atoms with Crippen molar-refractivity contribution in [2.75, 3.05) is 31.5 Å². The molecule has 0 saturated carbocycles. The van der Waals surface area contributed by atoms with Gasteiger partial charge in [0.15, 0.2) is 0 Å². The van der Waals surface area contributed by atoms with Crippen molar-refractivity contribution in [2.45, 2.75) is 26.2 Å². The summed E-state index contributed by atoms with van der Waals surface area (Å²) in [7, 11) is 0. The number of hydrogen-bond donors (Lipinski definition) is 2. The minimum absolute atomic E-state index is 0.0345. The number of rotatable bonds is 6. The standard InChI is InChI=1S/C16H23N3O2/c1-3-17-15(20)11-19(4-2)16(21)9-12-10-18-14-8-6-5-7-13(12)14/h5-8,12,18H,3-4,9-11H2,1-2H3,(H,17,20). The van der Waals surface area contributed by atoms with Crippen LogP contribution < -0.4 is 10.6 Å². The summed E-state index contributed by atoms with van der Waals surface area (Å²) >= 11 is 0. The maximum Gasteiger partial charge on any atom is 0.239 e. The number of nitrogens with one attached hydrogen (secondary N) is 2. The van der Waals surface area contributed by atoms with Gasteiger partial charge in [-0.05, 0) is 25.5 Å². The average Bonchev–Trinajstić information content (AvgIpc) is 2.88. The summed E-state index contributed by atoms with van der Waals surface area (Å²) in [6.07, 6.45) is 0.442. The first-order valence-electron chi connectivity index (χ1n) is 7.53. The van der Waals surface area contributed by atoms with Crippen LogP contribution in [0.5, 0.6) is 0 Å². The summed E-state index contributed by atoms with van der Waals surface area (Å²) in [4.78, 5) is 25.6. The number of anilines is 1. The topological polar surface area (TPSA) is 61.4 Å². The Bertz CT molecular complexity index is 516. The molecule has 1 aliphatic rings. The van der Waals surface area contributed by atoms with Gasteiger partial charge in [-0.15, -0.1) is 0 Å². The predicted octanol–water partition coefficient (Wildman–Crippen LogP) is 1.57. The molecule has 1 aromatic carbocycles. The molecule has 1 atom stereocenters. The summed E-state index contributed by atoms with van der Waals surface area (Å²) < 4.78 is 0. The van der Waals surface area contributed by atoms with Gasteiger partial charge in [0.2, 0.25) is 11.8 Å². The lowest BCUT2D eigenvalue weighted by Gasteiger charge is -2.22. The van der Waals surface area contributed by atoms with Gasteiger partial charge in [0.25, 0.3) is 0 Å². The van der Waals surface area contributed by atoms with E-state index in [1.807, 2.05) is 32.0 Å². The molecule has 0 radical (unpaired) electrons. The highest BCUT2D eigenvalue weighted by Crippen LogP contribution is 2.33. The Kier molecular flexibility index (Phi) is 5.20. The van der Waals surface area contributed by atoms with Crippen molar-refractivity contribution >= 4 is 17.5 Å². The first-order valence-corrected chi connectivity index (χ1v) is 7.53. The van der Waals surface area contributed by atoms with Gasteiger partial charge in [0, 0.05) is 37.7 Å². The number of carbonyl (C=O) groups is 2. The second-order valence-corrected chi connectivity index (χ2v) is 5.23. The lowest BCUT2D eigenvalue weighted by Crippen LogP contribution is -2.41. The van der Waals surface area contributed by atoms with Crippen LogP contribution in [0.1, 0.15) is 31.7 Å². The third-order valence-electron chi connectivity index (χ3n) is 3.80. The van der Waals surface area contributed by atoms with Crippen molar-refractivity contribution in [1.29, 1.82) is 0 Å². The Balaban J connectivity index is 1.96. The molecule has 21 heavy (non-hydrogen) atoms. The van der Waals surface area contributed by atoms with Crippen LogP contribution in [0.25, 0.3) is 0 Å². The second kappa shape index (κ2) is 7.11. The van der Waals surface area contributed by atoms with Crippen LogP contribution in [-0.4, -0.2) is 42.9 Å².